The standard InChI is InChI=1S/C14H17F2N3O2/c1-2-18-7-14(21)19(8-13(18)20)6-12(17)9-3-4-10(15)11(16)5-9/h3-5,12H,2,6-8,17H2,1H3. The highest BCUT2D eigenvalue weighted by atomic mass is 19.2. The van der Waals surface area contributed by atoms with Gasteiger partial charge in [0, 0.05) is 19.1 Å². The lowest BCUT2D eigenvalue weighted by Gasteiger charge is -2.34. The molecule has 2 amide bonds. The molecule has 1 saturated heterocycles. The Morgan fingerprint density at radius 3 is 2.38 bits per heavy atom. The van der Waals surface area contributed by atoms with E-state index in [-0.39, 0.29) is 31.4 Å². The van der Waals surface area contributed by atoms with E-state index in [9.17, 15) is 18.4 Å². The van der Waals surface area contributed by atoms with Crippen LogP contribution in [0.15, 0.2) is 18.2 Å². The number of amides is 2. The highest BCUT2D eigenvalue weighted by molar-refractivity contribution is 5.92. The molecule has 1 fully saturated rings. The molecule has 1 aliphatic rings. The van der Waals surface area contributed by atoms with Crippen molar-refractivity contribution in [2.75, 3.05) is 26.2 Å². The molecule has 0 saturated carbocycles. The van der Waals surface area contributed by atoms with Crippen molar-refractivity contribution in [1.82, 2.24) is 9.80 Å². The van der Waals surface area contributed by atoms with Crippen molar-refractivity contribution in [2.45, 2.75) is 13.0 Å². The van der Waals surface area contributed by atoms with Gasteiger partial charge in [0.05, 0.1) is 13.1 Å². The lowest BCUT2D eigenvalue weighted by atomic mass is 10.1. The summed E-state index contributed by atoms with van der Waals surface area (Å²) in [6.07, 6.45) is 0. The Morgan fingerprint density at radius 2 is 1.76 bits per heavy atom. The highest BCUT2D eigenvalue weighted by Crippen LogP contribution is 2.17. The zero-order valence-electron chi connectivity index (χ0n) is 11.7. The minimum absolute atomic E-state index is 0.0276. The maximum absolute atomic E-state index is 13.2. The van der Waals surface area contributed by atoms with Gasteiger partial charge < -0.3 is 15.5 Å². The molecule has 21 heavy (non-hydrogen) atoms. The first-order valence-corrected chi connectivity index (χ1v) is 6.68. The average molecular weight is 297 g/mol. The normalized spacial score (nSPS) is 17.3. The Kier molecular flexibility index (Phi) is 4.52. The number of hydrogen-bond acceptors (Lipinski definition) is 3. The van der Waals surface area contributed by atoms with Crippen LogP contribution in [0.5, 0.6) is 0 Å². The van der Waals surface area contributed by atoms with Crippen LogP contribution in [-0.2, 0) is 9.59 Å². The van der Waals surface area contributed by atoms with Crippen LogP contribution < -0.4 is 5.73 Å². The van der Waals surface area contributed by atoms with Crippen LogP contribution >= 0.6 is 0 Å². The van der Waals surface area contributed by atoms with E-state index < -0.39 is 17.7 Å². The predicted octanol–water partition coefficient (Wildman–Crippen LogP) is 0.655. The van der Waals surface area contributed by atoms with E-state index in [2.05, 4.69) is 0 Å². The van der Waals surface area contributed by atoms with E-state index in [0.29, 0.717) is 12.1 Å². The Labute approximate surface area is 121 Å². The summed E-state index contributed by atoms with van der Waals surface area (Å²) in [5.74, 6) is -2.28. The van der Waals surface area contributed by atoms with Crippen LogP contribution in [0.25, 0.3) is 0 Å². The summed E-state index contributed by atoms with van der Waals surface area (Å²) in [6, 6.07) is 2.70. The SMILES string of the molecule is CCN1CC(=O)N(CC(N)c2ccc(F)c(F)c2)CC1=O. The third kappa shape index (κ3) is 3.36. The number of piperazine rings is 1. The van der Waals surface area contributed by atoms with Crippen LogP contribution in [0.2, 0.25) is 0 Å². The Hall–Kier alpha value is -2.02. The Morgan fingerprint density at radius 1 is 1.14 bits per heavy atom. The van der Waals surface area contributed by atoms with Gasteiger partial charge in [-0.05, 0) is 24.6 Å². The van der Waals surface area contributed by atoms with Crippen molar-refractivity contribution in [3.63, 3.8) is 0 Å². The molecule has 0 aromatic heterocycles. The van der Waals surface area contributed by atoms with Gasteiger partial charge in [0.2, 0.25) is 11.8 Å². The number of carbonyl (C=O) groups is 2. The fourth-order valence-corrected chi connectivity index (χ4v) is 2.24. The molecule has 2 rings (SSSR count). The molecule has 0 spiro atoms. The molecule has 5 nitrogen and oxygen atoms in total. The van der Waals surface area contributed by atoms with Gasteiger partial charge in [-0.3, -0.25) is 9.59 Å². The Bertz CT molecular complexity index is 565. The van der Waals surface area contributed by atoms with Gasteiger partial charge in [-0.25, -0.2) is 8.78 Å². The molecule has 1 heterocycles. The third-order valence-corrected chi connectivity index (χ3v) is 3.53. The van der Waals surface area contributed by atoms with E-state index in [1.54, 1.807) is 6.92 Å². The monoisotopic (exact) mass is 297 g/mol. The summed E-state index contributed by atoms with van der Waals surface area (Å²) in [5.41, 5.74) is 6.29. The van der Waals surface area contributed by atoms with Crippen LogP contribution in [0.4, 0.5) is 8.78 Å². The quantitative estimate of drug-likeness (QED) is 0.887. The van der Waals surface area contributed by atoms with Crippen LogP contribution in [0.3, 0.4) is 0 Å². The van der Waals surface area contributed by atoms with Crippen molar-refractivity contribution < 1.29 is 18.4 Å². The molecule has 2 N–H and O–H groups in total. The lowest BCUT2D eigenvalue weighted by molar-refractivity contribution is -0.150. The number of rotatable bonds is 4. The summed E-state index contributed by atoms with van der Waals surface area (Å²) >= 11 is 0. The number of likely N-dealkylation sites (N-methyl/N-ethyl adjacent to an activating group) is 1. The van der Waals surface area contributed by atoms with Gasteiger partial charge >= 0.3 is 0 Å². The maximum atomic E-state index is 13.2. The maximum Gasteiger partial charge on any atom is 0.242 e. The van der Waals surface area contributed by atoms with E-state index in [0.717, 1.165) is 12.1 Å². The highest BCUT2D eigenvalue weighted by Gasteiger charge is 2.30. The van der Waals surface area contributed by atoms with Crippen molar-refractivity contribution in [1.29, 1.82) is 0 Å². The second kappa shape index (κ2) is 6.17. The fourth-order valence-electron chi connectivity index (χ4n) is 2.24. The van der Waals surface area contributed by atoms with Crippen molar-refractivity contribution >= 4 is 11.8 Å². The van der Waals surface area contributed by atoms with Gasteiger partial charge in [0.15, 0.2) is 11.6 Å². The minimum Gasteiger partial charge on any atom is -0.332 e. The molecular formula is C14H17F2N3O2. The first kappa shape index (κ1) is 15.4. The summed E-state index contributed by atoms with van der Waals surface area (Å²) in [6.45, 7) is 2.36. The zero-order chi connectivity index (χ0) is 15.6. The predicted molar refractivity (Wildman–Crippen MR) is 72.1 cm³/mol. The van der Waals surface area contributed by atoms with E-state index in [1.165, 1.54) is 15.9 Å². The van der Waals surface area contributed by atoms with Gasteiger partial charge in [-0.2, -0.15) is 0 Å². The number of nitrogens with zero attached hydrogens (tertiary/aromatic N) is 2. The van der Waals surface area contributed by atoms with Crippen molar-refractivity contribution in [3.8, 4) is 0 Å². The molecule has 1 aliphatic heterocycles. The number of carbonyl (C=O) groups excluding carboxylic acids is 2. The van der Waals surface area contributed by atoms with Crippen molar-refractivity contribution in [3.05, 3.63) is 35.4 Å². The molecular weight excluding hydrogens is 280 g/mol. The summed E-state index contributed by atoms with van der Waals surface area (Å²) in [4.78, 5) is 26.5. The summed E-state index contributed by atoms with van der Waals surface area (Å²) < 4.78 is 26.1. The Balaban J connectivity index is 2.05. The molecule has 1 aromatic carbocycles. The van der Waals surface area contributed by atoms with Crippen LogP contribution in [-0.4, -0.2) is 47.8 Å². The van der Waals surface area contributed by atoms with E-state index >= 15 is 0 Å². The number of nitrogens with two attached hydrogens (primary N) is 1. The summed E-state index contributed by atoms with van der Waals surface area (Å²) in [7, 11) is 0. The van der Waals surface area contributed by atoms with Gasteiger partial charge in [-0.1, -0.05) is 6.07 Å². The molecule has 114 valence electrons. The third-order valence-electron chi connectivity index (χ3n) is 3.53. The number of benzene rings is 1. The fraction of sp³-hybridized carbons (Fsp3) is 0.429. The van der Waals surface area contributed by atoms with Crippen LogP contribution in [0, 0.1) is 11.6 Å². The number of hydrogen-bond donors (Lipinski definition) is 1. The molecule has 1 aromatic rings. The smallest absolute Gasteiger partial charge is 0.242 e. The first-order valence-electron chi connectivity index (χ1n) is 6.68. The number of halogens is 2. The van der Waals surface area contributed by atoms with E-state index in [1.807, 2.05) is 0 Å². The second-order valence-corrected chi connectivity index (χ2v) is 4.96. The van der Waals surface area contributed by atoms with Gasteiger partial charge in [-0.15, -0.1) is 0 Å². The van der Waals surface area contributed by atoms with E-state index in [4.69, 9.17) is 5.73 Å². The molecule has 1 atom stereocenters. The topological polar surface area (TPSA) is 66.6 Å². The first-order chi connectivity index (χ1) is 9.92. The lowest BCUT2D eigenvalue weighted by Crippen LogP contribution is -2.54. The molecule has 0 aliphatic carbocycles. The van der Waals surface area contributed by atoms with Crippen molar-refractivity contribution in [2.24, 2.45) is 5.73 Å². The molecule has 0 bridgehead atoms. The van der Waals surface area contributed by atoms with Crippen LogP contribution in [0.1, 0.15) is 18.5 Å². The summed E-state index contributed by atoms with van der Waals surface area (Å²) in [5, 5.41) is 0. The second-order valence-electron chi connectivity index (χ2n) is 4.96. The van der Waals surface area contributed by atoms with Gasteiger partial charge in [0.25, 0.3) is 0 Å². The average Bonchev–Trinajstić information content (AvgIpc) is 2.45. The largest absolute Gasteiger partial charge is 0.332 e. The zero-order valence-corrected chi connectivity index (χ0v) is 11.7. The minimum atomic E-state index is -0.985. The molecule has 0 radical (unpaired) electrons. The molecule has 1 unspecified atom stereocenters. The van der Waals surface area contributed by atoms with Gasteiger partial charge in [0.1, 0.15) is 0 Å². The molecule has 7 heteroatoms.